The van der Waals surface area contributed by atoms with Crippen LogP contribution in [-0.2, 0) is 6.42 Å². The van der Waals surface area contributed by atoms with Gasteiger partial charge in [-0.2, -0.15) is 0 Å². The Balaban J connectivity index is 2.70. The predicted octanol–water partition coefficient (Wildman–Crippen LogP) is 1.50. The number of fused-ring (bicyclic) bond motifs is 1. The van der Waals surface area contributed by atoms with Gasteiger partial charge in [-0.25, -0.2) is 0 Å². The average Bonchev–Trinajstić information content (AvgIpc) is 2.29. The van der Waals surface area contributed by atoms with Crippen molar-refractivity contribution in [2.24, 2.45) is 0 Å². The van der Waals surface area contributed by atoms with Gasteiger partial charge in [0.15, 0.2) is 5.75 Å². The highest BCUT2D eigenvalue weighted by atomic mass is 16.5. The smallest absolute Gasteiger partial charge is 0.221 e. The van der Waals surface area contributed by atoms with Gasteiger partial charge in [-0.05, 0) is 18.6 Å². The SMILES string of the molecule is O=c1ccccc2c1OC=CC2. The summed E-state index contributed by atoms with van der Waals surface area (Å²) in [6, 6.07) is 6.99. The van der Waals surface area contributed by atoms with Crippen molar-refractivity contribution in [3.8, 4) is 5.75 Å². The van der Waals surface area contributed by atoms with Crippen molar-refractivity contribution in [2.75, 3.05) is 0 Å². The Hall–Kier alpha value is -1.57. The third-order valence-electron chi connectivity index (χ3n) is 1.79. The van der Waals surface area contributed by atoms with Gasteiger partial charge < -0.3 is 4.74 Å². The molecule has 0 spiro atoms. The van der Waals surface area contributed by atoms with Crippen molar-refractivity contribution in [2.45, 2.75) is 6.42 Å². The molecule has 0 aromatic heterocycles. The van der Waals surface area contributed by atoms with Crippen LogP contribution in [0.15, 0.2) is 41.4 Å². The van der Waals surface area contributed by atoms with E-state index in [-0.39, 0.29) is 5.43 Å². The maximum absolute atomic E-state index is 11.3. The zero-order valence-corrected chi connectivity index (χ0v) is 6.49. The summed E-state index contributed by atoms with van der Waals surface area (Å²) in [5.74, 6) is 0.461. The van der Waals surface area contributed by atoms with E-state index in [1.807, 2.05) is 18.2 Å². The molecule has 0 amide bonds. The van der Waals surface area contributed by atoms with Crippen molar-refractivity contribution in [1.82, 2.24) is 0 Å². The van der Waals surface area contributed by atoms with Crippen LogP contribution in [0.4, 0.5) is 0 Å². The van der Waals surface area contributed by atoms with Crippen LogP contribution in [0.2, 0.25) is 0 Å². The number of hydrogen-bond acceptors (Lipinski definition) is 2. The molecule has 12 heavy (non-hydrogen) atoms. The van der Waals surface area contributed by atoms with Crippen molar-refractivity contribution in [1.29, 1.82) is 0 Å². The first-order chi connectivity index (χ1) is 5.88. The quantitative estimate of drug-likeness (QED) is 0.574. The van der Waals surface area contributed by atoms with E-state index in [9.17, 15) is 4.79 Å². The molecule has 0 N–H and O–H groups in total. The first-order valence-electron chi connectivity index (χ1n) is 3.82. The lowest BCUT2D eigenvalue weighted by Crippen LogP contribution is -2.05. The van der Waals surface area contributed by atoms with Crippen LogP contribution in [0.5, 0.6) is 5.75 Å². The molecule has 1 heterocycles. The summed E-state index contributed by atoms with van der Waals surface area (Å²) >= 11 is 0. The molecule has 2 heteroatoms. The monoisotopic (exact) mass is 160 g/mol. The molecule has 1 aromatic carbocycles. The number of allylic oxidation sites excluding steroid dienone is 1. The maximum atomic E-state index is 11.3. The highest BCUT2D eigenvalue weighted by Crippen LogP contribution is 2.16. The summed E-state index contributed by atoms with van der Waals surface area (Å²) in [6.45, 7) is 0. The van der Waals surface area contributed by atoms with Crippen LogP contribution >= 0.6 is 0 Å². The summed E-state index contributed by atoms with van der Waals surface area (Å²) < 4.78 is 5.12. The predicted molar refractivity (Wildman–Crippen MR) is 46.2 cm³/mol. The summed E-state index contributed by atoms with van der Waals surface area (Å²) in [7, 11) is 0. The fraction of sp³-hybridized carbons (Fsp3) is 0.100. The van der Waals surface area contributed by atoms with Crippen molar-refractivity contribution >= 4 is 0 Å². The minimum absolute atomic E-state index is 0.0562. The van der Waals surface area contributed by atoms with Crippen molar-refractivity contribution in [3.05, 3.63) is 52.4 Å². The van der Waals surface area contributed by atoms with E-state index in [4.69, 9.17) is 4.74 Å². The van der Waals surface area contributed by atoms with Gasteiger partial charge in [0.25, 0.3) is 0 Å². The lowest BCUT2D eigenvalue weighted by Gasteiger charge is -2.06. The lowest BCUT2D eigenvalue weighted by atomic mass is 10.1. The molecule has 2 rings (SSSR count). The van der Waals surface area contributed by atoms with E-state index in [2.05, 4.69) is 0 Å². The van der Waals surface area contributed by atoms with Crippen LogP contribution in [-0.4, -0.2) is 0 Å². The Labute approximate surface area is 70.1 Å². The second-order valence-corrected chi connectivity index (χ2v) is 2.63. The number of hydrogen-bond donors (Lipinski definition) is 0. The van der Waals surface area contributed by atoms with Gasteiger partial charge in [-0.3, -0.25) is 4.79 Å². The lowest BCUT2D eigenvalue weighted by molar-refractivity contribution is 0.461. The molecule has 0 saturated carbocycles. The maximum Gasteiger partial charge on any atom is 0.221 e. The van der Waals surface area contributed by atoms with Crippen LogP contribution in [0.25, 0.3) is 0 Å². The Kier molecular flexibility index (Phi) is 1.67. The first-order valence-corrected chi connectivity index (χ1v) is 3.82. The molecule has 0 saturated heterocycles. The van der Waals surface area contributed by atoms with Crippen LogP contribution in [0.3, 0.4) is 0 Å². The fourth-order valence-corrected chi connectivity index (χ4v) is 1.21. The molecular formula is C10H8O2. The summed E-state index contributed by atoms with van der Waals surface area (Å²) in [5, 5.41) is 0. The van der Waals surface area contributed by atoms with Gasteiger partial charge in [-0.1, -0.05) is 18.2 Å². The molecule has 0 aliphatic carbocycles. The molecule has 0 unspecified atom stereocenters. The van der Waals surface area contributed by atoms with E-state index in [1.165, 1.54) is 6.07 Å². The second kappa shape index (κ2) is 2.81. The minimum atomic E-state index is -0.0562. The average molecular weight is 160 g/mol. The van der Waals surface area contributed by atoms with Crippen LogP contribution < -0.4 is 10.2 Å². The van der Waals surface area contributed by atoms with E-state index in [0.29, 0.717) is 5.75 Å². The van der Waals surface area contributed by atoms with Gasteiger partial charge in [0.2, 0.25) is 5.43 Å². The number of rotatable bonds is 0. The third kappa shape index (κ3) is 1.11. The minimum Gasteiger partial charge on any atom is -0.461 e. The van der Waals surface area contributed by atoms with Gasteiger partial charge in [0, 0.05) is 5.56 Å². The normalized spacial score (nSPS) is 13.3. The third-order valence-corrected chi connectivity index (χ3v) is 1.79. The zero-order chi connectivity index (χ0) is 8.39. The Morgan fingerprint density at radius 1 is 1.25 bits per heavy atom. The van der Waals surface area contributed by atoms with E-state index < -0.39 is 0 Å². The second-order valence-electron chi connectivity index (χ2n) is 2.63. The van der Waals surface area contributed by atoms with Gasteiger partial charge in [0.05, 0.1) is 6.26 Å². The van der Waals surface area contributed by atoms with Gasteiger partial charge in [0.1, 0.15) is 0 Å². The molecule has 2 nitrogen and oxygen atoms in total. The summed E-state index contributed by atoms with van der Waals surface area (Å²) in [6.07, 6.45) is 4.23. The topological polar surface area (TPSA) is 26.3 Å². The molecule has 60 valence electrons. The number of ether oxygens (including phenoxy) is 1. The Bertz CT molecular complexity index is 380. The zero-order valence-electron chi connectivity index (χ0n) is 6.49. The van der Waals surface area contributed by atoms with Gasteiger partial charge >= 0.3 is 0 Å². The molecular weight excluding hydrogens is 152 g/mol. The first kappa shape index (κ1) is 7.10. The molecule has 0 fully saturated rings. The highest BCUT2D eigenvalue weighted by molar-refractivity contribution is 5.36. The fourth-order valence-electron chi connectivity index (χ4n) is 1.21. The molecule has 0 atom stereocenters. The van der Waals surface area contributed by atoms with Crippen molar-refractivity contribution in [3.63, 3.8) is 0 Å². The van der Waals surface area contributed by atoms with Crippen LogP contribution in [0, 0.1) is 0 Å². The standard InChI is InChI=1S/C10H8O2/c11-9-6-2-1-4-8-5-3-7-12-10(8)9/h1-4,6-7H,5H2. The van der Waals surface area contributed by atoms with Crippen LogP contribution in [0.1, 0.15) is 5.56 Å². The Morgan fingerprint density at radius 2 is 2.08 bits per heavy atom. The highest BCUT2D eigenvalue weighted by Gasteiger charge is 2.06. The van der Waals surface area contributed by atoms with E-state index >= 15 is 0 Å². The Morgan fingerprint density at radius 3 is 3.00 bits per heavy atom. The summed E-state index contributed by atoms with van der Waals surface area (Å²) in [4.78, 5) is 11.3. The van der Waals surface area contributed by atoms with E-state index in [1.54, 1.807) is 12.3 Å². The molecule has 0 bridgehead atoms. The molecule has 0 radical (unpaired) electrons. The summed E-state index contributed by atoms with van der Waals surface area (Å²) in [5.41, 5.74) is 0.895. The molecule has 1 aliphatic rings. The molecule has 1 aromatic rings. The van der Waals surface area contributed by atoms with E-state index in [0.717, 1.165) is 12.0 Å². The van der Waals surface area contributed by atoms with Crippen molar-refractivity contribution < 1.29 is 4.74 Å². The van der Waals surface area contributed by atoms with Gasteiger partial charge in [-0.15, -0.1) is 0 Å². The molecule has 1 aliphatic heterocycles. The largest absolute Gasteiger partial charge is 0.461 e.